The number of hydrogen-bond donors (Lipinski definition) is 2. The van der Waals surface area contributed by atoms with Crippen molar-refractivity contribution in [3.05, 3.63) is 20.8 Å². The minimum atomic E-state index is -0.238. The normalized spacial score (nSPS) is 26.4. The number of aliphatic hydroxyl groups is 1. The van der Waals surface area contributed by atoms with Crippen LogP contribution in [-0.2, 0) is 6.54 Å². The second-order valence-corrected chi connectivity index (χ2v) is 5.85. The zero-order valence-corrected chi connectivity index (χ0v) is 11.0. The number of β-amino-alcohol motifs (C(OH)–C–C–N with tert-alkyl or cyclic N) is 1. The van der Waals surface area contributed by atoms with Crippen LogP contribution in [0.15, 0.2) is 15.9 Å². The molecule has 1 aliphatic heterocycles. The molecule has 2 rings (SSSR count). The highest BCUT2D eigenvalue weighted by atomic mass is 79.9. The second kappa shape index (κ2) is 4.93. The summed E-state index contributed by atoms with van der Waals surface area (Å²) in [7, 11) is 2.06. The standard InChI is InChI=1S/C10H15BrN2OS/c1-13(9-3-12-4-10(9)14)5-8-2-7(11)6-15-8/h2,6,9-10,12,14H,3-5H2,1H3. The van der Waals surface area contributed by atoms with Crippen molar-refractivity contribution in [1.82, 2.24) is 10.2 Å². The molecular weight excluding hydrogens is 276 g/mol. The monoisotopic (exact) mass is 290 g/mol. The highest BCUT2D eigenvalue weighted by molar-refractivity contribution is 9.10. The van der Waals surface area contributed by atoms with Crippen LogP contribution in [0.4, 0.5) is 0 Å². The lowest BCUT2D eigenvalue weighted by molar-refractivity contribution is 0.0961. The quantitative estimate of drug-likeness (QED) is 0.880. The van der Waals surface area contributed by atoms with E-state index in [1.54, 1.807) is 11.3 Å². The van der Waals surface area contributed by atoms with Crippen molar-refractivity contribution >= 4 is 27.3 Å². The van der Waals surface area contributed by atoms with Gasteiger partial charge in [0.25, 0.3) is 0 Å². The predicted molar refractivity (Wildman–Crippen MR) is 66.2 cm³/mol. The van der Waals surface area contributed by atoms with Gasteiger partial charge < -0.3 is 10.4 Å². The Bertz CT molecular complexity index is 331. The zero-order valence-electron chi connectivity index (χ0n) is 8.61. The van der Waals surface area contributed by atoms with Crippen LogP contribution < -0.4 is 5.32 Å². The Morgan fingerprint density at radius 1 is 1.67 bits per heavy atom. The highest BCUT2D eigenvalue weighted by Gasteiger charge is 2.28. The fraction of sp³-hybridized carbons (Fsp3) is 0.600. The third kappa shape index (κ3) is 2.79. The molecule has 2 N–H and O–H groups in total. The van der Waals surface area contributed by atoms with Crippen molar-refractivity contribution in [3.8, 4) is 0 Å². The van der Waals surface area contributed by atoms with Crippen molar-refractivity contribution in [2.24, 2.45) is 0 Å². The van der Waals surface area contributed by atoms with Crippen molar-refractivity contribution < 1.29 is 5.11 Å². The summed E-state index contributed by atoms with van der Waals surface area (Å²) >= 11 is 5.19. The van der Waals surface area contributed by atoms with Crippen molar-refractivity contribution in [2.45, 2.75) is 18.7 Å². The van der Waals surface area contributed by atoms with Crippen LogP contribution in [0.25, 0.3) is 0 Å². The van der Waals surface area contributed by atoms with Crippen molar-refractivity contribution in [2.75, 3.05) is 20.1 Å². The molecule has 3 nitrogen and oxygen atoms in total. The molecule has 5 heteroatoms. The van der Waals surface area contributed by atoms with Crippen molar-refractivity contribution in [1.29, 1.82) is 0 Å². The lowest BCUT2D eigenvalue weighted by Crippen LogP contribution is -2.39. The molecule has 2 atom stereocenters. The molecule has 0 amide bonds. The zero-order chi connectivity index (χ0) is 10.8. The first-order chi connectivity index (χ1) is 7.16. The molecule has 1 saturated heterocycles. The molecule has 0 saturated carbocycles. The molecular formula is C10H15BrN2OS. The molecule has 0 bridgehead atoms. The Labute approximate surface area is 102 Å². The van der Waals surface area contributed by atoms with E-state index in [1.807, 2.05) is 0 Å². The minimum absolute atomic E-state index is 0.238. The maximum absolute atomic E-state index is 9.73. The van der Waals surface area contributed by atoms with Gasteiger partial charge in [-0.1, -0.05) is 0 Å². The predicted octanol–water partition coefficient (Wildman–Crippen LogP) is 1.28. The van der Waals surface area contributed by atoms with Gasteiger partial charge in [0.2, 0.25) is 0 Å². The molecule has 1 aromatic rings. The molecule has 2 heterocycles. The lowest BCUT2D eigenvalue weighted by atomic mass is 10.2. The third-order valence-electron chi connectivity index (χ3n) is 2.74. The fourth-order valence-electron chi connectivity index (χ4n) is 1.90. The molecule has 1 fully saturated rings. The molecule has 15 heavy (non-hydrogen) atoms. The Kier molecular flexibility index (Phi) is 3.79. The van der Waals surface area contributed by atoms with Gasteiger partial charge in [-0.2, -0.15) is 0 Å². The summed E-state index contributed by atoms with van der Waals surface area (Å²) in [6.45, 7) is 2.49. The first kappa shape index (κ1) is 11.5. The molecule has 2 unspecified atom stereocenters. The van der Waals surface area contributed by atoms with Gasteiger partial charge in [-0.3, -0.25) is 4.90 Å². The number of likely N-dealkylation sites (N-methyl/N-ethyl adjacent to an activating group) is 1. The van der Waals surface area contributed by atoms with Crippen LogP contribution in [0.1, 0.15) is 4.88 Å². The van der Waals surface area contributed by atoms with E-state index in [0.29, 0.717) is 6.54 Å². The number of hydrogen-bond acceptors (Lipinski definition) is 4. The summed E-state index contributed by atoms with van der Waals surface area (Å²) in [6.07, 6.45) is -0.238. The summed E-state index contributed by atoms with van der Waals surface area (Å²) in [5.41, 5.74) is 0. The van der Waals surface area contributed by atoms with Gasteiger partial charge in [0, 0.05) is 40.4 Å². The molecule has 0 aromatic carbocycles. The van der Waals surface area contributed by atoms with Gasteiger partial charge in [-0.25, -0.2) is 0 Å². The SMILES string of the molecule is CN(Cc1cc(Br)cs1)C1CNCC1O. The molecule has 0 spiro atoms. The summed E-state index contributed by atoms with van der Waals surface area (Å²) in [5.74, 6) is 0. The average Bonchev–Trinajstić information content (AvgIpc) is 2.75. The maximum Gasteiger partial charge on any atom is 0.0831 e. The van der Waals surface area contributed by atoms with E-state index >= 15 is 0 Å². The first-order valence-corrected chi connectivity index (χ1v) is 6.66. The van der Waals surface area contributed by atoms with Gasteiger partial charge in [0.05, 0.1) is 6.10 Å². The molecule has 84 valence electrons. The first-order valence-electron chi connectivity index (χ1n) is 4.99. The number of halogens is 1. The Hall–Kier alpha value is 0.0600. The van der Waals surface area contributed by atoms with Crippen LogP contribution >= 0.6 is 27.3 Å². The summed E-state index contributed by atoms with van der Waals surface area (Å²) in [4.78, 5) is 3.53. The number of nitrogens with one attached hydrogen (secondary N) is 1. The average molecular weight is 291 g/mol. The van der Waals surface area contributed by atoms with Crippen LogP contribution in [0.5, 0.6) is 0 Å². The van der Waals surface area contributed by atoms with E-state index in [2.05, 4.69) is 44.6 Å². The van der Waals surface area contributed by atoms with E-state index in [0.717, 1.165) is 17.6 Å². The minimum Gasteiger partial charge on any atom is -0.390 e. The van der Waals surface area contributed by atoms with E-state index in [4.69, 9.17) is 0 Å². The Morgan fingerprint density at radius 3 is 3.00 bits per heavy atom. The summed E-state index contributed by atoms with van der Waals surface area (Å²) in [6, 6.07) is 2.38. The molecule has 0 radical (unpaired) electrons. The molecule has 0 aliphatic carbocycles. The van der Waals surface area contributed by atoms with Crippen LogP contribution in [-0.4, -0.2) is 42.3 Å². The lowest BCUT2D eigenvalue weighted by Gasteiger charge is -2.25. The number of thiophene rings is 1. The number of nitrogens with zero attached hydrogens (tertiary/aromatic N) is 1. The Morgan fingerprint density at radius 2 is 2.47 bits per heavy atom. The van der Waals surface area contributed by atoms with Crippen LogP contribution in [0, 0.1) is 0 Å². The third-order valence-corrected chi connectivity index (χ3v) is 4.43. The summed E-state index contributed by atoms with van der Waals surface area (Å²) < 4.78 is 1.14. The van der Waals surface area contributed by atoms with E-state index in [9.17, 15) is 5.11 Å². The fourth-order valence-corrected chi connectivity index (χ4v) is 3.41. The molecule has 1 aliphatic rings. The number of aliphatic hydroxyl groups excluding tert-OH is 1. The van der Waals surface area contributed by atoms with Crippen molar-refractivity contribution in [3.63, 3.8) is 0 Å². The van der Waals surface area contributed by atoms with E-state index in [1.165, 1.54) is 4.88 Å². The Balaban J connectivity index is 1.94. The van der Waals surface area contributed by atoms with Gasteiger partial charge in [0.1, 0.15) is 0 Å². The topological polar surface area (TPSA) is 35.5 Å². The van der Waals surface area contributed by atoms with Crippen LogP contribution in [0.2, 0.25) is 0 Å². The van der Waals surface area contributed by atoms with E-state index in [-0.39, 0.29) is 12.1 Å². The largest absolute Gasteiger partial charge is 0.390 e. The summed E-state index contributed by atoms with van der Waals surface area (Å²) in [5, 5.41) is 15.0. The van der Waals surface area contributed by atoms with Gasteiger partial charge in [-0.15, -0.1) is 11.3 Å². The van der Waals surface area contributed by atoms with Gasteiger partial charge >= 0.3 is 0 Å². The number of rotatable bonds is 3. The smallest absolute Gasteiger partial charge is 0.0831 e. The van der Waals surface area contributed by atoms with Gasteiger partial charge in [-0.05, 0) is 29.0 Å². The highest BCUT2D eigenvalue weighted by Crippen LogP contribution is 2.22. The maximum atomic E-state index is 9.73. The second-order valence-electron chi connectivity index (χ2n) is 3.94. The van der Waals surface area contributed by atoms with Gasteiger partial charge in [0.15, 0.2) is 0 Å². The molecule has 1 aromatic heterocycles. The van der Waals surface area contributed by atoms with Crippen LogP contribution in [0.3, 0.4) is 0 Å². The van der Waals surface area contributed by atoms with E-state index < -0.39 is 0 Å².